The SMILES string of the molecule is CCN1CCC(C(C)Nc2cnn(C(C)C)c2)CC1. The largest absolute Gasteiger partial charge is 0.380 e. The molecule has 4 nitrogen and oxygen atoms in total. The van der Waals surface area contributed by atoms with Gasteiger partial charge in [-0.05, 0) is 59.2 Å². The van der Waals surface area contributed by atoms with Crippen LogP contribution in [0.5, 0.6) is 0 Å². The average Bonchev–Trinajstić information content (AvgIpc) is 2.87. The number of hydrogen-bond acceptors (Lipinski definition) is 3. The molecule has 1 saturated heterocycles. The molecule has 1 unspecified atom stereocenters. The van der Waals surface area contributed by atoms with Gasteiger partial charge >= 0.3 is 0 Å². The van der Waals surface area contributed by atoms with Crippen LogP contribution in [0, 0.1) is 5.92 Å². The van der Waals surface area contributed by atoms with E-state index in [-0.39, 0.29) is 0 Å². The van der Waals surface area contributed by atoms with Crippen molar-refractivity contribution in [2.24, 2.45) is 5.92 Å². The number of likely N-dealkylation sites (tertiary alicyclic amines) is 1. The van der Waals surface area contributed by atoms with Crippen LogP contribution in [0.1, 0.15) is 46.6 Å². The standard InChI is InChI=1S/C15H28N4/c1-5-18-8-6-14(7-9-18)13(4)17-15-10-16-19(11-15)12(2)3/h10-14,17H,5-9H2,1-4H3. The minimum Gasteiger partial charge on any atom is -0.380 e. The van der Waals surface area contributed by atoms with Crippen LogP contribution < -0.4 is 5.32 Å². The molecule has 1 aromatic rings. The molecule has 2 rings (SSSR count). The number of aromatic nitrogens is 2. The van der Waals surface area contributed by atoms with Crippen molar-refractivity contribution in [1.82, 2.24) is 14.7 Å². The zero-order valence-corrected chi connectivity index (χ0v) is 12.8. The number of hydrogen-bond donors (Lipinski definition) is 1. The smallest absolute Gasteiger partial charge is 0.0728 e. The van der Waals surface area contributed by atoms with Gasteiger partial charge < -0.3 is 10.2 Å². The maximum atomic E-state index is 4.39. The maximum Gasteiger partial charge on any atom is 0.0728 e. The summed E-state index contributed by atoms with van der Waals surface area (Å²) in [6, 6.07) is 0.961. The van der Waals surface area contributed by atoms with Crippen LogP contribution in [0.4, 0.5) is 5.69 Å². The van der Waals surface area contributed by atoms with Gasteiger partial charge in [0.1, 0.15) is 0 Å². The van der Waals surface area contributed by atoms with Gasteiger partial charge in [-0.25, -0.2) is 0 Å². The number of piperidine rings is 1. The fourth-order valence-electron chi connectivity index (χ4n) is 2.84. The highest BCUT2D eigenvalue weighted by molar-refractivity contribution is 5.39. The lowest BCUT2D eigenvalue weighted by Gasteiger charge is -2.34. The molecule has 1 aliphatic heterocycles. The molecule has 108 valence electrons. The highest BCUT2D eigenvalue weighted by Crippen LogP contribution is 2.23. The topological polar surface area (TPSA) is 33.1 Å². The second-order valence-corrected chi connectivity index (χ2v) is 6.01. The summed E-state index contributed by atoms with van der Waals surface area (Å²) in [4.78, 5) is 2.54. The van der Waals surface area contributed by atoms with Gasteiger partial charge in [-0.2, -0.15) is 5.10 Å². The molecular weight excluding hydrogens is 236 g/mol. The first kappa shape index (κ1) is 14.4. The van der Waals surface area contributed by atoms with E-state index in [2.05, 4.69) is 49.2 Å². The van der Waals surface area contributed by atoms with Gasteiger partial charge in [0.25, 0.3) is 0 Å². The van der Waals surface area contributed by atoms with Crippen molar-refractivity contribution in [2.45, 2.75) is 52.6 Å². The van der Waals surface area contributed by atoms with Crippen molar-refractivity contribution in [3.8, 4) is 0 Å². The Labute approximate surface area is 117 Å². The number of nitrogens with zero attached hydrogens (tertiary/aromatic N) is 3. The molecule has 0 saturated carbocycles. The first-order valence-corrected chi connectivity index (χ1v) is 7.63. The van der Waals surface area contributed by atoms with Crippen LogP contribution in [0.2, 0.25) is 0 Å². The van der Waals surface area contributed by atoms with E-state index < -0.39 is 0 Å². The first-order chi connectivity index (χ1) is 9.10. The Bertz CT molecular complexity index is 377. The van der Waals surface area contributed by atoms with Gasteiger partial charge in [0.15, 0.2) is 0 Å². The van der Waals surface area contributed by atoms with Gasteiger partial charge in [-0.3, -0.25) is 4.68 Å². The zero-order chi connectivity index (χ0) is 13.8. The highest BCUT2D eigenvalue weighted by atomic mass is 15.3. The molecule has 1 aromatic heterocycles. The Morgan fingerprint density at radius 3 is 2.53 bits per heavy atom. The summed E-state index contributed by atoms with van der Waals surface area (Å²) in [5, 5.41) is 8.00. The molecule has 0 aliphatic carbocycles. The zero-order valence-electron chi connectivity index (χ0n) is 12.8. The molecule has 19 heavy (non-hydrogen) atoms. The Morgan fingerprint density at radius 2 is 2.00 bits per heavy atom. The number of rotatable bonds is 5. The molecule has 4 heteroatoms. The predicted molar refractivity (Wildman–Crippen MR) is 80.5 cm³/mol. The Kier molecular flexibility index (Phi) is 4.86. The summed E-state index contributed by atoms with van der Waals surface area (Å²) in [5.41, 5.74) is 1.15. The Hall–Kier alpha value is -1.03. The summed E-state index contributed by atoms with van der Waals surface area (Å²) in [6.45, 7) is 12.6. The summed E-state index contributed by atoms with van der Waals surface area (Å²) in [5.74, 6) is 0.783. The van der Waals surface area contributed by atoms with Crippen LogP contribution in [0.15, 0.2) is 12.4 Å². The molecule has 2 heterocycles. The van der Waals surface area contributed by atoms with Crippen LogP contribution in [-0.2, 0) is 0 Å². The molecular formula is C15H28N4. The highest BCUT2D eigenvalue weighted by Gasteiger charge is 2.23. The second-order valence-electron chi connectivity index (χ2n) is 6.01. The molecule has 1 atom stereocenters. The number of nitrogens with one attached hydrogen (secondary N) is 1. The molecule has 1 fully saturated rings. The third-order valence-electron chi connectivity index (χ3n) is 4.31. The summed E-state index contributed by atoms with van der Waals surface area (Å²) in [6.07, 6.45) is 6.67. The van der Waals surface area contributed by atoms with Crippen molar-refractivity contribution < 1.29 is 0 Å². The monoisotopic (exact) mass is 264 g/mol. The van der Waals surface area contributed by atoms with Gasteiger partial charge in [-0.15, -0.1) is 0 Å². The van der Waals surface area contributed by atoms with Crippen LogP contribution in [-0.4, -0.2) is 40.4 Å². The van der Waals surface area contributed by atoms with Crippen molar-refractivity contribution in [3.05, 3.63) is 12.4 Å². The summed E-state index contributed by atoms with van der Waals surface area (Å²) >= 11 is 0. The Balaban J connectivity index is 1.85. The lowest BCUT2D eigenvalue weighted by atomic mass is 9.90. The minimum atomic E-state index is 0.429. The van der Waals surface area contributed by atoms with E-state index in [1.54, 1.807) is 0 Å². The second kappa shape index (κ2) is 6.42. The molecule has 0 radical (unpaired) electrons. The van der Waals surface area contributed by atoms with Crippen molar-refractivity contribution >= 4 is 5.69 Å². The lowest BCUT2D eigenvalue weighted by Crippen LogP contribution is -2.39. The lowest BCUT2D eigenvalue weighted by molar-refractivity contribution is 0.183. The third-order valence-corrected chi connectivity index (χ3v) is 4.31. The molecule has 0 bridgehead atoms. The quantitative estimate of drug-likeness (QED) is 0.887. The van der Waals surface area contributed by atoms with Gasteiger partial charge in [-0.1, -0.05) is 6.92 Å². The van der Waals surface area contributed by atoms with E-state index in [9.17, 15) is 0 Å². The molecule has 0 aromatic carbocycles. The minimum absolute atomic E-state index is 0.429. The van der Waals surface area contributed by atoms with Gasteiger partial charge in [0.05, 0.1) is 11.9 Å². The van der Waals surface area contributed by atoms with E-state index in [4.69, 9.17) is 0 Å². The van der Waals surface area contributed by atoms with Crippen molar-refractivity contribution in [3.63, 3.8) is 0 Å². The fourth-order valence-corrected chi connectivity index (χ4v) is 2.84. The summed E-state index contributed by atoms with van der Waals surface area (Å²) in [7, 11) is 0. The van der Waals surface area contributed by atoms with E-state index >= 15 is 0 Å². The van der Waals surface area contributed by atoms with E-state index in [0.29, 0.717) is 12.1 Å². The van der Waals surface area contributed by atoms with Crippen LogP contribution in [0.25, 0.3) is 0 Å². The molecule has 0 spiro atoms. The van der Waals surface area contributed by atoms with Gasteiger partial charge in [0, 0.05) is 18.3 Å². The Morgan fingerprint density at radius 1 is 1.32 bits per heavy atom. The normalized spacial score (nSPS) is 19.8. The first-order valence-electron chi connectivity index (χ1n) is 7.63. The van der Waals surface area contributed by atoms with Crippen LogP contribution in [0.3, 0.4) is 0 Å². The van der Waals surface area contributed by atoms with E-state index in [0.717, 1.165) is 11.6 Å². The fraction of sp³-hybridized carbons (Fsp3) is 0.800. The number of anilines is 1. The molecule has 1 N–H and O–H groups in total. The molecule has 0 amide bonds. The van der Waals surface area contributed by atoms with Crippen LogP contribution >= 0.6 is 0 Å². The average molecular weight is 264 g/mol. The van der Waals surface area contributed by atoms with Crippen molar-refractivity contribution in [1.29, 1.82) is 0 Å². The maximum absolute atomic E-state index is 4.39. The van der Waals surface area contributed by atoms with E-state index in [1.165, 1.54) is 32.5 Å². The molecule has 1 aliphatic rings. The van der Waals surface area contributed by atoms with Crippen molar-refractivity contribution in [2.75, 3.05) is 25.0 Å². The third kappa shape index (κ3) is 3.72. The van der Waals surface area contributed by atoms with E-state index in [1.807, 2.05) is 10.9 Å². The predicted octanol–water partition coefficient (Wildman–Crippen LogP) is 3.00. The summed E-state index contributed by atoms with van der Waals surface area (Å²) < 4.78 is 2.01. The van der Waals surface area contributed by atoms with Gasteiger partial charge in [0.2, 0.25) is 0 Å².